The number of nitrogens with one attached hydrogen (secondary N) is 1. The van der Waals surface area contributed by atoms with Gasteiger partial charge in [0, 0.05) is 12.0 Å². The fourth-order valence-electron chi connectivity index (χ4n) is 2.30. The van der Waals surface area contributed by atoms with Crippen LogP contribution in [0, 0.1) is 0 Å². The minimum atomic E-state index is -4.31. The van der Waals surface area contributed by atoms with Crippen molar-refractivity contribution in [3.05, 3.63) is 35.4 Å². The Morgan fingerprint density at radius 2 is 1.90 bits per heavy atom. The Morgan fingerprint density at radius 1 is 1.30 bits per heavy atom. The Morgan fingerprint density at radius 3 is 2.35 bits per heavy atom. The van der Waals surface area contributed by atoms with E-state index in [0.29, 0.717) is 13.2 Å². The number of rotatable bonds is 4. The molecule has 1 unspecified atom stereocenters. The molecule has 1 atom stereocenters. The van der Waals surface area contributed by atoms with Crippen molar-refractivity contribution in [2.24, 2.45) is 0 Å². The van der Waals surface area contributed by atoms with Crippen LogP contribution >= 0.6 is 0 Å². The molecule has 3 nitrogen and oxygen atoms in total. The van der Waals surface area contributed by atoms with Gasteiger partial charge in [-0.25, -0.2) is 0 Å². The number of epoxide rings is 1. The summed E-state index contributed by atoms with van der Waals surface area (Å²) in [5.74, 6) is -0.136. The Labute approximate surface area is 114 Å². The molecular formula is C14H14F3NO2. The fourth-order valence-corrected chi connectivity index (χ4v) is 2.30. The molecule has 3 rings (SSSR count). The second-order valence-electron chi connectivity index (χ2n) is 5.40. The van der Waals surface area contributed by atoms with Crippen molar-refractivity contribution < 1.29 is 22.7 Å². The average molecular weight is 285 g/mol. The molecule has 1 aromatic rings. The molecule has 1 amide bonds. The first-order chi connectivity index (χ1) is 9.41. The van der Waals surface area contributed by atoms with Crippen molar-refractivity contribution in [3.63, 3.8) is 0 Å². The molecule has 2 fully saturated rings. The number of carbonyl (C=O) groups excluding carboxylic acids is 1. The highest BCUT2D eigenvalue weighted by Gasteiger charge is 2.45. The molecule has 1 heterocycles. The summed E-state index contributed by atoms with van der Waals surface area (Å²) in [6.45, 7) is 0.913. The maximum Gasteiger partial charge on any atom is 0.416 e. The van der Waals surface area contributed by atoms with Crippen LogP contribution in [0.5, 0.6) is 0 Å². The Bertz CT molecular complexity index is 516. The number of hydrogen-bond donors (Lipinski definition) is 1. The Balaban J connectivity index is 1.66. The molecular weight excluding hydrogens is 271 g/mol. The SMILES string of the molecule is O=C(NCC1(c2ccc(C(F)(F)F)cc2)CC1)C1CO1. The van der Waals surface area contributed by atoms with Gasteiger partial charge in [0.25, 0.3) is 5.91 Å². The van der Waals surface area contributed by atoms with Gasteiger partial charge in [-0.3, -0.25) is 4.79 Å². The molecule has 2 aliphatic rings. The van der Waals surface area contributed by atoms with Gasteiger partial charge < -0.3 is 10.1 Å². The first kappa shape index (κ1) is 13.4. The molecule has 1 aromatic carbocycles. The maximum atomic E-state index is 12.5. The molecule has 108 valence electrons. The molecule has 0 bridgehead atoms. The normalized spacial score (nSPS) is 23.2. The van der Waals surface area contributed by atoms with Gasteiger partial charge in [0.1, 0.15) is 0 Å². The van der Waals surface area contributed by atoms with Crippen molar-refractivity contribution in [2.75, 3.05) is 13.2 Å². The number of halogens is 3. The third-order valence-electron chi connectivity index (χ3n) is 3.90. The Kier molecular flexibility index (Phi) is 3.01. The highest BCUT2D eigenvalue weighted by Crippen LogP contribution is 2.48. The van der Waals surface area contributed by atoms with Gasteiger partial charge >= 0.3 is 6.18 Å². The van der Waals surface area contributed by atoms with E-state index < -0.39 is 11.7 Å². The van der Waals surface area contributed by atoms with Crippen LogP contribution in [0.25, 0.3) is 0 Å². The molecule has 1 aliphatic heterocycles. The number of ether oxygens (including phenoxy) is 1. The van der Waals surface area contributed by atoms with Crippen LogP contribution in [0.15, 0.2) is 24.3 Å². The molecule has 1 saturated carbocycles. The van der Waals surface area contributed by atoms with Crippen LogP contribution in [0.3, 0.4) is 0 Å². The lowest BCUT2D eigenvalue weighted by atomic mass is 9.94. The van der Waals surface area contributed by atoms with Crippen molar-refractivity contribution in [1.29, 1.82) is 0 Å². The van der Waals surface area contributed by atoms with Gasteiger partial charge in [-0.1, -0.05) is 12.1 Å². The summed E-state index contributed by atoms with van der Waals surface area (Å²) in [5, 5.41) is 2.80. The van der Waals surface area contributed by atoms with Gasteiger partial charge in [-0.05, 0) is 30.5 Å². The molecule has 6 heteroatoms. The van der Waals surface area contributed by atoms with Crippen LogP contribution in [0.4, 0.5) is 13.2 Å². The van der Waals surface area contributed by atoms with Crippen LogP contribution in [-0.2, 0) is 21.1 Å². The van der Waals surface area contributed by atoms with Crippen LogP contribution in [0.1, 0.15) is 24.0 Å². The summed E-state index contributed by atoms with van der Waals surface area (Å²) in [4.78, 5) is 11.5. The standard InChI is InChI=1S/C14H14F3NO2/c15-14(16,17)10-3-1-9(2-4-10)13(5-6-13)8-18-12(19)11-7-20-11/h1-4,11H,5-8H2,(H,18,19). The molecule has 0 radical (unpaired) electrons. The zero-order chi connectivity index (χ0) is 14.4. The van der Waals surface area contributed by atoms with Crippen molar-refractivity contribution in [3.8, 4) is 0 Å². The smallest absolute Gasteiger partial charge is 0.363 e. The highest BCUT2D eigenvalue weighted by atomic mass is 19.4. The van der Waals surface area contributed by atoms with Gasteiger partial charge in [0.2, 0.25) is 0 Å². The lowest BCUT2D eigenvalue weighted by Gasteiger charge is -2.17. The monoisotopic (exact) mass is 285 g/mol. The van der Waals surface area contributed by atoms with E-state index in [-0.39, 0.29) is 17.4 Å². The Hall–Kier alpha value is -1.56. The first-order valence-electron chi connectivity index (χ1n) is 6.48. The van der Waals surface area contributed by atoms with Gasteiger partial charge in [0.15, 0.2) is 6.10 Å². The summed E-state index contributed by atoms with van der Waals surface area (Å²) in [6.07, 6.45) is -2.89. The zero-order valence-corrected chi connectivity index (χ0v) is 10.7. The van der Waals surface area contributed by atoms with Crippen molar-refractivity contribution in [1.82, 2.24) is 5.32 Å². The summed E-state index contributed by atoms with van der Waals surface area (Å²) >= 11 is 0. The van der Waals surface area contributed by atoms with E-state index >= 15 is 0 Å². The largest absolute Gasteiger partial charge is 0.416 e. The second kappa shape index (κ2) is 4.48. The summed E-state index contributed by atoms with van der Waals surface area (Å²) in [5.41, 5.74) is 0.00396. The molecule has 1 saturated heterocycles. The van der Waals surface area contributed by atoms with Crippen molar-refractivity contribution in [2.45, 2.75) is 30.5 Å². The van der Waals surface area contributed by atoms with E-state index in [1.807, 2.05) is 0 Å². The van der Waals surface area contributed by atoms with E-state index in [2.05, 4.69) is 5.32 Å². The number of alkyl halides is 3. The molecule has 1 aliphatic carbocycles. The van der Waals surface area contributed by atoms with Crippen LogP contribution in [-0.4, -0.2) is 25.2 Å². The van der Waals surface area contributed by atoms with E-state index in [1.165, 1.54) is 12.1 Å². The summed E-state index contributed by atoms with van der Waals surface area (Å²) in [6, 6.07) is 5.22. The molecule has 0 aromatic heterocycles. The van der Waals surface area contributed by atoms with E-state index in [1.54, 1.807) is 0 Å². The number of benzene rings is 1. The molecule has 20 heavy (non-hydrogen) atoms. The third kappa shape index (κ3) is 2.65. The van der Waals surface area contributed by atoms with Gasteiger partial charge in [0.05, 0.1) is 12.2 Å². The minimum absolute atomic E-state index is 0.136. The number of carbonyl (C=O) groups is 1. The second-order valence-corrected chi connectivity index (χ2v) is 5.40. The highest BCUT2D eigenvalue weighted by molar-refractivity contribution is 5.82. The van der Waals surface area contributed by atoms with E-state index in [4.69, 9.17) is 4.74 Å². The first-order valence-corrected chi connectivity index (χ1v) is 6.48. The number of amides is 1. The third-order valence-corrected chi connectivity index (χ3v) is 3.90. The zero-order valence-electron chi connectivity index (χ0n) is 10.7. The molecule has 0 spiro atoms. The predicted molar refractivity (Wildman–Crippen MR) is 65.1 cm³/mol. The number of hydrogen-bond acceptors (Lipinski definition) is 2. The van der Waals surface area contributed by atoms with Crippen LogP contribution in [0.2, 0.25) is 0 Å². The lowest BCUT2D eigenvalue weighted by Crippen LogP contribution is -2.35. The van der Waals surface area contributed by atoms with Crippen LogP contribution < -0.4 is 5.32 Å². The van der Waals surface area contributed by atoms with Crippen molar-refractivity contribution >= 4 is 5.91 Å². The summed E-state index contributed by atoms with van der Waals surface area (Å²) in [7, 11) is 0. The quantitative estimate of drug-likeness (QED) is 0.862. The van der Waals surface area contributed by atoms with Gasteiger partial charge in [-0.2, -0.15) is 13.2 Å². The molecule has 1 N–H and O–H groups in total. The lowest BCUT2D eigenvalue weighted by molar-refractivity contribution is -0.137. The van der Waals surface area contributed by atoms with E-state index in [9.17, 15) is 18.0 Å². The average Bonchev–Trinajstić information content (AvgIpc) is 3.28. The topological polar surface area (TPSA) is 41.6 Å². The van der Waals surface area contributed by atoms with E-state index in [0.717, 1.165) is 30.5 Å². The van der Waals surface area contributed by atoms with Gasteiger partial charge in [-0.15, -0.1) is 0 Å². The maximum absolute atomic E-state index is 12.5. The fraction of sp³-hybridized carbons (Fsp3) is 0.500. The minimum Gasteiger partial charge on any atom is -0.363 e. The predicted octanol–water partition coefficient (Wildman–Crippen LogP) is 2.25. The summed E-state index contributed by atoms with van der Waals surface area (Å²) < 4.78 is 42.4.